The summed E-state index contributed by atoms with van der Waals surface area (Å²) in [6.07, 6.45) is 65.0. The number of phosphoric ester groups is 1. The highest BCUT2D eigenvalue weighted by Crippen LogP contribution is 2.38. The Morgan fingerprint density at radius 1 is 0.554 bits per heavy atom. The van der Waals surface area contributed by atoms with Crippen molar-refractivity contribution in [2.75, 3.05) is 40.9 Å². The molecule has 0 aliphatic carbocycles. The molecule has 0 rings (SSSR count). The average Bonchev–Trinajstić information content (AvgIpc) is 3.26. The Balaban J connectivity index is 4.28. The Hall–Kier alpha value is -2.32. The maximum atomic E-state index is 12.9. The highest BCUT2D eigenvalue weighted by Gasteiger charge is 2.23. The van der Waals surface area contributed by atoms with Crippen molar-refractivity contribution in [3.8, 4) is 0 Å². The molecule has 0 bridgehead atoms. The van der Waals surface area contributed by atoms with Crippen molar-refractivity contribution in [1.29, 1.82) is 0 Å². The lowest BCUT2D eigenvalue weighted by Gasteiger charge is -2.29. The highest BCUT2D eigenvalue weighted by atomic mass is 31.2. The third-order valence-corrected chi connectivity index (χ3v) is 12.3. The lowest BCUT2D eigenvalue weighted by molar-refractivity contribution is -0.870. The van der Waals surface area contributed by atoms with E-state index in [9.17, 15) is 19.4 Å². The van der Waals surface area contributed by atoms with Crippen LogP contribution in [0.3, 0.4) is 0 Å². The van der Waals surface area contributed by atoms with Crippen LogP contribution in [0, 0.1) is 0 Å². The molecule has 0 saturated carbocycles. The van der Waals surface area contributed by atoms with E-state index < -0.39 is 26.6 Å². The fourth-order valence-corrected chi connectivity index (χ4v) is 7.92. The van der Waals surface area contributed by atoms with Gasteiger partial charge in [-0.05, 0) is 77.0 Å². The summed E-state index contributed by atoms with van der Waals surface area (Å²) in [4.78, 5) is 25.4. The summed E-state index contributed by atoms with van der Waals surface area (Å²) < 4.78 is 23.3. The Bertz CT molecular complexity index is 1330. The van der Waals surface area contributed by atoms with Crippen LogP contribution in [-0.4, -0.2) is 68.5 Å². The van der Waals surface area contributed by atoms with Crippen molar-refractivity contribution in [3.05, 3.63) is 85.1 Å². The van der Waals surface area contributed by atoms with E-state index in [0.717, 1.165) is 70.6 Å². The minimum atomic E-state index is -4.61. The summed E-state index contributed by atoms with van der Waals surface area (Å²) in [5, 5.41) is 13.8. The number of aliphatic hydroxyl groups is 1. The van der Waals surface area contributed by atoms with E-state index in [1.807, 2.05) is 27.2 Å². The zero-order valence-corrected chi connectivity index (χ0v) is 43.6. The minimum Gasteiger partial charge on any atom is -0.756 e. The molecule has 0 fully saturated rings. The Kier molecular flexibility index (Phi) is 45.1. The summed E-state index contributed by atoms with van der Waals surface area (Å²) >= 11 is 0. The molecular weight excluding hydrogens is 828 g/mol. The molecule has 3 unspecified atom stereocenters. The topological polar surface area (TPSA) is 108 Å². The Labute approximate surface area is 401 Å². The number of allylic oxidation sites excluding steroid dienone is 13. The summed E-state index contributed by atoms with van der Waals surface area (Å²) in [7, 11) is 1.23. The average molecular weight is 929 g/mol. The first kappa shape index (κ1) is 62.7. The van der Waals surface area contributed by atoms with Gasteiger partial charge in [0.05, 0.1) is 39.9 Å². The number of carbonyl (C=O) groups is 1. The normalized spacial score (nSPS) is 14.8. The van der Waals surface area contributed by atoms with Gasteiger partial charge in [-0.3, -0.25) is 9.36 Å². The first-order valence-corrected chi connectivity index (χ1v) is 27.9. The fraction of sp³-hybridized carbons (Fsp3) is 0.732. The lowest BCUT2D eigenvalue weighted by atomic mass is 10.0. The van der Waals surface area contributed by atoms with Gasteiger partial charge in [-0.1, -0.05) is 214 Å². The molecule has 1 amide bonds. The van der Waals surface area contributed by atoms with Crippen LogP contribution in [0.5, 0.6) is 0 Å². The van der Waals surface area contributed by atoms with Crippen molar-refractivity contribution >= 4 is 13.7 Å². The molecule has 0 saturated heterocycles. The summed E-state index contributed by atoms with van der Waals surface area (Å²) in [5.41, 5.74) is 0. The van der Waals surface area contributed by atoms with Crippen LogP contribution >= 0.6 is 7.82 Å². The van der Waals surface area contributed by atoms with Crippen LogP contribution in [0.4, 0.5) is 0 Å². The Morgan fingerprint density at radius 2 is 0.954 bits per heavy atom. The van der Waals surface area contributed by atoms with Gasteiger partial charge in [0, 0.05) is 6.42 Å². The molecule has 0 aliphatic heterocycles. The molecule has 8 nitrogen and oxygen atoms in total. The number of unbranched alkanes of at least 4 members (excludes halogenated alkanes) is 22. The zero-order chi connectivity index (χ0) is 47.8. The summed E-state index contributed by atoms with van der Waals surface area (Å²) in [6, 6.07) is -0.909. The molecule has 0 aromatic rings. The first-order valence-electron chi connectivity index (χ1n) is 26.4. The molecule has 2 N–H and O–H groups in total. The first-order chi connectivity index (χ1) is 31.5. The molecule has 376 valence electrons. The second-order valence-electron chi connectivity index (χ2n) is 18.8. The number of nitrogens with one attached hydrogen (secondary N) is 1. The predicted octanol–water partition coefficient (Wildman–Crippen LogP) is 15.1. The summed E-state index contributed by atoms with van der Waals surface area (Å²) in [5.74, 6) is -0.214. The third-order valence-electron chi connectivity index (χ3n) is 11.3. The van der Waals surface area contributed by atoms with Crippen LogP contribution < -0.4 is 10.2 Å². The number of likely N-dealkylation sites (N-methyl/N-ethyl adjacent to an activating group) is 1. The van der Waals surface area contributed by atoms with Crippen molar-refractivity contribution in [2.45, 2.75) is 225 Å². The SMILES string of the molecule is CC/C=C\C/C=C\C/C=C\C/C=C\C/C=C\CCCCCCCCCCCCCC(=O)NC(COP(=O)([O-])OCC[N+](C)(C)C)C(O)/C=C/CC/C=C/CCCCCCCCCCCC. The van der Waals surface area contributed by atoms with Gasteiger partial charge in [-0.25, -0.2) is 0 Å². The van der Waals surface area contributed by atoms with E-state index in [4.69, 9.17) is 9.05 Å². The fourth-order valence-electron chi connectivity index (χ4n) is 7.19. The van der Waals surface area contributed by atoms with Gasteiger partial charge in [0.15, 0.2) is 0 Å². The van der Waals surface area contributed by atoms with E-state index in [0.29, 0.717) is 17.4 Å². The monoisotopic (exact) mass is 929 g/mol. The van der Waals surface area contributed by atoms with Gasteiger partial charge in [0.1, 0.15) is 13.2 Å². The van der Waals surface area contributed by atoms with Crippen molar-refractivity contribution in [2.24, 2.45) is 0 Å². The largest absolute Gasteiger partial charge is 0.756 e. The van der Waals surface area contributed by atoms with Crippen LogP contribution in [-0.2, 0) is 18.4 Å². The van der Waals surface area contributed by atoms with Crippen molar-refractivity contribution in [3.63, 3.8) is 0 Å². The van der Waals surface area contributed by atoms with E-state index >= 15 is 0 Å². The number of quaternary nitrogens is 1. The predicted molar refractivity (Wildman–Crippen MR) is 279 cm³/mol. The maximum absolute atomic E-state index is 12.9. The number of amides is 1. The zero-order valence-electron chi connectivity index (χ0n) is 42.7. The smallest absolute Gasteiger partial charge is 0.268 e. The molecule has 0 aromatic heterocycles. The molecule has 65 heavy (non-hydrogen) atoms. The summed E-state index contributed by atoms with van der Waals surface area (Å²) in [6.45, 7) is 4.50. The van der Waals surface area contributed by atoms with Gasteiger partial charge in [0.2, 0.25) is 5.91 Å². The van der Waals surface area contributed by atoms with Gasteiger partial charge >= 0.3 is 0 Å². The van der Waals surface area contributed by atoms with Crippen molar-refractivity contribution in [1.82, 2.24) is 5.32 Å². The van der Waals surface area contributed by atoms with E-state index in [2.05, 4.69) is 92.1 Å². The van der Waals surface area contributed by atoms with E-state index in [1.54, 1.807) is 6.08 Å². The molecular formula is C56H101N2O6P. The highest BCUT2D eigenvalue weighted by molar-refractivity contribution is 7.45. The number of hydrogen-bond donors (Lipinski definition) is 2. The van der Waals surface area contributed by atoms with Gasteiger partial charge < -0.3 is 28.8 Å². The Morgan fingerprint density at radius 3 is 1.43 bits per heavy atom. The standard InChI is InChI=1S/C56H101N2O6P/c1-6-8-10-12-14-16-18-20-22-24-25-26-27-28-29-30-31-32-33-34-36-38-40-42-44-46-48-50-56(60)57-54(53-64-65(61,62)63-52-51-58(3,4)5)55(59)49-47-45-43-41-39-37-35-23-21-19-17-15-13-11-9-7-2/h8,10,14,16,20,22,25-26,28-29,39,41,47,49,54-55,59H,6-7,9,11-13,15,17-19,21,23-24,27,30-38,40,42-46,48,50-53H2,1-5H3,(H-,57,60,61,62)/b10-8-,16-14-,22-20-,26-25-,29-28-,41-39+,49-47+. The molecule has 9 heteroatoms. The quantitative estimate of drug-likeness (QED) is 0.0272. The number of hydrogen-bond acceptors (Lipinski definition) is 6. The maximum Gasteiger partial charge on any atom is 0.268 e. The van der Waals surface area contributed by atoms with Crippen LogP contribution in [0.15, 0.2) is 85.1 Å². The number of aliphatic hydroxyl groups excluding tert-OH is 1. The lowest BCUT2D eigenvalue weighted by Crippen LogP contribution is -2.45. The minimum absolute atomic E-state index is 0.0105. The molecule has 0 heterocycles. The third kappa shape index (κ3) is 49.4. The van der Waals surface area contributed by atoms with Crippen LogP contribution in [0.2, 0.25) is 0 Å². The second-order valence-corrected chi connectivity index (χ2v) is 20.2. The van der Waals surface area contributed by atoms with Crippen LogP contribution in [0.25, 0.3) is 0 Å². The number of phosphoric acid groups is 1. The van der Waals surface area contributed by atoms with Gasteiger partial charge in [0.25, 0.3) is 7.82 Å². The van der Waals surface area contributed by atoms with Gasteiger partial charge in [-0.2, -0.15) is 0 Å². The second kappa shape index (κ2) is 46.8. The van der Waals surface area contributed by atoms with E-state index in [1.165, 1.54) is 122 Å². The van der Waals surface area contributed by atoms with Gasteiger partial charge in [-0.15, -0.1) is 0 Å². The molecule has 0 aliphatic rings. The number of rotatable bonds is 47. The molecule has 0 aromatic carbocycles. The van der Waals surface area contributed by atoms with Crippen molar-refractivity contribution < 1.29 is 32.9 Å². The van der Waals surface area contributed by atoms with E-state index in [-0.39, 0.29) is 12.5 Å². The molecule has 0 radical (unpaired) electrons. The molecule has 0 spiro atoms. The number of carbonyl (C=O) groups excluding carboxylic acids is 1. The van der Waals surface area contributed by atoms with Crippen LogP contribution in [0.1, 0.15) is 213 Å². The number of nitrogens with zero attached hydrogens (tertiary/aromatic N) is 1. The molecule has 3 atom stereocenters.